The Hall–Kier alpha value is -1.81. The van der Waals surface area contributed by atoms with Crippen molar-refractivity contribution >= 4 is 22.2 Å². The van der Waals surface area contributed by atoms with Crippen LogP contribution in [0.3, 0.4) is 0 Å². The highest BCUT2D eigenvalue weighted by Gasteiger charge is 2.09. The average molecular weight is 321 g/mol. The van der Waals surface area contributed by atoms with Crippen molar-refractivity contribution in [2.75, 3.05) is 7.11 Å². The number of rotatable bonds is 4. The van der Waals surface area contributed by atoms with Gasteiger partial charge in [-0.1, -0.05) is 22.0 Å². The Labute approximate surface area is 120 Å². The maximum Gasteiger partial charge on any atom is 0.169 e. The lowest BCUT2D eigenvalue weighted by Gasteiger charge is -2.12. The second-order valence-corrected chi connectivity index (χ2v) is 4.97. The third kappa shape index (κ3) is 3.15. The van der Waals surface area contributed by atoms with Gasteiger partial charge in [-0.15, -0.1) is 0 Å². The molecule has 0 aliphatic heterocycles. The molecule has 3 nitrogen and oxygen atoms in total. The molecule has 98 valence electrons. The van der Waals surface area contributed by atoms with E-state index in [2.05, 4.69) is 15.9 Å². The SMILES string of the molecule is COc1cc(C)ccc1Oc1cc(Br)ccc1C=O. The first-order chi connectivity index (χ1) is 9.13. The van der Waals surface area contributed by atoms with Gasteiger partial charge in [0, 0.05) is 4.47 Å². The molecule has 0 spiro atoms. The second-order valence-electron chi connectivity index (χ2n) is 4.06. The Bertz CT molecular complexity index is 608. The zero-order valence-electron chi connectivity index (χ0n) is 10.6. The number of aldehydes is 1. The molecular formula is C15H13BrO3. The van der Waals surface area contributed by atoms with Crippen LogP contribution >= 0.6 is 15.9 Å². The van der Waals surface area contributed by atoms with Gasteiger partial charge in [0.15, 0.2) is 17.8 Å². The highest BCUT2D eigenvalue weighted by Crippen LogP contribution is 2.34. The Morgan fingerprint density at radius 1 is 1.05 bits per heavy atom. The zero-order valence-corrected chi connectivity index (χ0v) is 12.2. The number of halogens is 1. The van der Waals surface area contributed by atoms with Crippen LogP contribution in [0.4, 0.5) is 0 Å². The van der Waals surface area contributed by atoms with Gasteiger partial charge in [-0.2, -0.15) is 0 Å². The Kier molecular flexibility index (Phi) is 4.22. The monoisotopic (exact) mass is 320 g/mol. The van der Waals surface area contributed by atoms with Gasteiger partial charge in [0.2, 0.25) is 0 Å². The predicted octanol–water partition coefficient (Wildman–Crippen LogP) is 4.37. The van der Waals surface area contributed by atoms with Crippen molar-refractivity contribution < 1.29 is 14.3 Å². The van der Waals surface area contributed by atoms with E-state index in [1.807, 2.05) is 25.1 Å². The van der Waals surface area contributed by atoms with Crippen LogP contribution in [0.15, 0.2) is 40.9 Å². The van der Waals surface area contributed by atoms with Crippen molar-refractivity contribution in [2.24, 2.45) is 0 Å². The molecule has 0 bridgehead atoms. The molecule has 0 aromatic heterocycles. The van der Waals surface area contributed by atoms with Crippen molar-refractivity contribution in [3.05, 3.63) is 52.0 Å². The molecule has 0 fully saturated rings. The Balaban J connectivity index is 2.40. The van der Waals surface area contributed by atoms with Gasteiger partial charge in [-0.05, 0) is 42.8 Å². The van der Waals surface area contributed by atoms with Crippen molar-refractivity contribution in [2.45, 2.75) is 6.92 Å². The summed E-state index contributed by atoms with van der Waals surface area (Å²) in [5.74, 6) is 1.71. The molecule has 0 aliphatic carbocycles. The maximum atomic E-state index is 11.0. The highest BCUT2D eigenvalue weighted by molar-refractivity contribution is 9.10. The van der Waals surface area contributed by atoms with E-state index in [9.17, 15) is 4.79 Å². The standard InChI is InChI=1S/C15H13BrO3/c1-10-3-6-13(15(7-10)18-2)19-14-8-12(16)5-4-11(14)9-17/h3-9H,1-2H3. The summed E-state index contributed by atoms with van der Waals surface area (Å²) in [6.07, 6.45) is 0.766. The van der Waals surface area contributed by atoms with E-state index in [4.69, 9.17) is 9.47 Å². The molecule has 0 amide bonds. The molecule has 4 heteroatoms. The molecule has 2 aromatic carbocycles. The van der Waals surface area contributed by atoms with E-state index in [0.29, 0.717) is 22.8 Å². The second kappa shape index (κ2) is 5.89. The van der Waals surface area contributed by atoms with Gasteiger partial charge in [0.1, 0.15) is 5.75 Å². The first kappa shape index (κ1) is 13.6. The lowest BCUT2D eigenvalue weighted by molar-refractivity contribution is 0.112. The lowest BCUT2D eigenvalue weighted by Crippen LogP contribution is -1.94. The topological polar surface area (TPSA) is 35.5 Å². The molecule has 0 atom stereocenters. The first-order valence-electron chi connectivity index (χ1n) is 5.71. The van der Waals surface area contributed by atoms with E-state index in [1.54, 1.807) is 25.3 Å². The molecule has 0 N–H and O–H groups in total. The minimum atomic E-state index is 0.492. The van der Waals surface area contributed by atoms with E-state index in [1.165, 1.54) is 0 Å². The van der Waals surface area contributed by atoms with Crippen molar-refractivity contribution in [1.29, 1.82) is 0 Å². The number of methoxy groups -OCH3 is 1. The number of ether oxygens (including phenoxy) is 2. The Morgan fingerprint density at radius 3 is 2.53 bits per heavy atom. The number of hydrogen-bond acceptors (Lipinski definition) is 3. The van der Waals surface area contributed by atoms with E-state index in [-0.39, 0.29) is 0 Å². The third-order valence-corrected chi connectivity index (χ3v) is 3.13. The summed E-state index contributed by atoms with van der Waals surface area (Å²) in [6, 6.07) is 10.9. The molecular weight excluding hydrogens is 308 g/mol. The fourth-order valence-electron chi connectivity index (χ4n) is 1.67. The molecule has 19 heavy (non-hydrogen) atoms. The lowest BCUT2D eigenvalue weighted by atomic mass is 10.2. The summed E-state index contributed by atoms with van der Waals surface area (Å²) < 4.78 is 11.9. The van der Waals surface area contributed by atoms with E-state index < -0.39 is 0 Å². The van der Waals surface area contributed by atoms with E-state index >= 15 is 0 Å². The molecule has 0 radical (unpaired) electrons. The first-order valence-corrected chi connectivity index (χ1v) is 6.50. The summed E-state index contributed by atoms with van der Waals surface area (Å²) in [5, 5.41) is 0. The van der Waals surface area contributed by atoms with Crippen molar-refractivity contribution in [3.8, 4) is 17.2 Å². The predicted molar refractivity (Wildman–Crippen MR) is 77.3 cm³/mol. The summed E-state index contributed by atoms with van der Waals surface area (Å²) in [4.78, 5) is 11.0. The smallest absolute Gasteiger partial charge is 0.169 e. The number of aryl methyl sites for hydroxylation is 1. The van der Waals surface area contributed by atoms with Crippen molar-refractivity contribution in [3.63, 3.8) is 0 Å². The zero-order chi connectivity index (χ0) is 13.8. The quantitative estimate of drug-likeness (QED) is 0.785. The van der Waals surface area contributed by atoms with Gasteiger partial charge in [0.05, 0.1) is 12.7 Å². The fourth-order valence-corrected chi connectivity index (χ4v) is 2.01. The summed E-state index contributed by atoms with van der Waals surface area (Å²) in [7, 11) is 1.59. The molecule has 0 heterocycles. The minimum absolute atomic E-state index is 0.492. The van der Waals surface area contributed by atoms with Crippen LogP contribution in [0.25, 0.3) is 0 Å². The molecule has 0 aliphatic rings. The van der Waals surface area contributed by atoms with Crippen LogP contribution in [0, 0.1) is 6.92 Å². The van der Waals surface area contributed by atoms with Gasteiger partial charge < -0.3 is 9.47 Å². The largest absolute Gasteiger partial charge is 0.493 e. The number of hydrogen-bond donors (Lipinski definition) is 0. The van der Waals surface area contributed by atoms with Crippen LogP contribution in [-0.2, 0) is 0 Å². The van der Waals surface area contributed by atoms with Crippen LogP contribution in [0.2, 0.25) is 0 Å². The van der Waals surface area contributed by atoms with Gasteiger partial charge in [-0.3, -0.25) is 4.79 Å². The summed E-state index contributed by atoms with van der Waals surface area (Å²) in [6.45, 7) is 1.97. The summed E-state index contributed by atoms with van der Waals surface area (Å²) in [5.41, 5.74) is 1.57. The Morgan fingerprint density at radius 2 is 1.84 bits per heavy atom. The van der Waals surface area contributed by atoms with Crippen LogP contribution in [0.1, 0.15) is 15.9 Å². The maximum absolute atomic E-state index is 11.0. The fraction of sp³-hybridized carbons (Fsp3) is 0.133. The normalized spacial score (nSPS) is 10.1. The van der Waals surface area contributed by atoms with Gasteiger partial charge in [0.25, 0.3) is 0 Å². The minimum Gasteiger partial charge on any atom is -0.493 e. The van der Waals surface area contributed by atoms with Gasteiger partial charge >= 0.3 is 0 Å². The third-order valence-electron chi connectivity index (χ3n) is 2.64. The molecule has 0 saturated carbocycles. The number of carbonyl (C=O) groups is 1. The highest BCUT2D eigenvalue weighted by atomic mass is 79.9. The number of carbonyl (C=O) groups excluding carboxylic acids is 1. The molecule has 0 unspecified atom stereocenters. The van der Waals surface area contributed by atoms with Crippen LogP contribution in [-0.4, -0.2) is 13.4 Å². The number of benzene rings is 2. The average Bonchev–Trinajstić information content (AvgIpc) is 2.41. The molecule has 2 rings (SSSR count). The molecule has 2 aromatic rings. The van der Waals surface area contributed by atoms with Gasteiger partial charge in [-0.25, -0.2) is 0 Å². The van der Waals surface area contributed by atoms with Crippen molar-refractivity contribution in [1.82, 2.24) is 0 Å². The summed E-state index contributed by atoms with van der Waals surface area (Å²) >= 11 is 3.36. The van der Waals surface area contributed by atoms with E-state index in [0.717, 1.165) is 16.3 Å². The van der Waals surface area contributed by atoms with Crippen LogP contribution in [0.5, 0.6) is 17.2 Å². The van der Waals surface area contributed by atoms with Crippen LogP contribution < -0.4 is 9.47 Å². The molecule has 0 saturated heterocycles.